The van der Waals surface area contributed by atoms with Gasteiger partial charge in [0.25, 0.3) is 0 Å². The number of rotatable bonds is 2. The van der Waals surface area contributed by atoms with Crippen LogP contribution in [0.25, 0.3) is 0 Å². The van der Waals surface area contributed by atoms with E-state index in [9.17, 15) is 0 Å². The lowest BCUT2D eigenvalue weighted by atomic mass is 9.96. The van der Waals surface area contributed by atoms with Gasteiger partial charge in [0.1, 0.15) is 0 Å². The fraction of sp³-hybridized carbons (Fsp3) is 0.438. The van der Waals surface area contributed by atoms with Crippen molar-refractivity contribution in [3.05, 3.63) is 45.0 Å². The molecular formula is C16H22N4S. The van der Waals surface area contributed by atoms with E-state index in [1.807, 2.05) is 6.21 Å². The van der Waals surface area contributed by atoms with Crippen LogP contribution in [0.1, 0.15) is 48.8 Å². The molecule has 0 saturated carbocycles. The standard InChI is InChI=1S/C16H22N4S/c1-10-7-11(2)13(12(3)8-10)9-17-20-14(16(4,5)6)18-19-15(20)21/h7-9H,1-6H3,(H,19,21). The Morgan fingerprint density at radius 3 is 2.29 bits per heavy atom. The number of aryl methyl sites for hydroxylation is 3. The summed E-state index contributed by atoms with van der Waals surface area (Å²) in [6.45, 7) is 12.6. The molecule has 4 nitrogen and oxygen atoms in total. The number of nitrogens with zero attached hydrogens (tertiary/aromatic N) is 3. The van der Waals surface area contributed by atoms with Crippen LogP contribution in [-0.4, -0.2) is 21.1 Å². The van der Waals surface area contributed by atoms with Crippen molar-refractivity contribution in [3.63, 3.8) is 0 Å². The summed E-state index contributed by atoms with van der Waals surface area (Å²) < 4.78 is 2.22. The maximum atomic E-state index is 5.27. The van der Waals surface area contributed by atoms with Crippen LogP contribution in [0.4, 0.5) is 0 Å². The summed E-state index contributed by atoms with van der Waals surface area (Å²) >= 11 is 5.27. The number of H-pyrrole nitrogens is 1. The summed E-state index contributed by atoms with van der Waals surface area (Å²) in [5.74, 6) is 0.825. The number of aromatic amines is 1. The van der Waals surface area contributed by atoms with Crippen molar-refractivity contribution in [1.29, 1.82) is 0 Å². The molecule has 2 rings (SSSR count). The zero-order chi connectivity index (χ0) is 15.8. The van der Waals surface area contributed by atoms with Gasteiger partial charge in [-0.25, -0.2) is 0 Å². The predicted molar refractivity (Wildman–Crippen MR) is 89.8 cm³/mol. The van der Waals surface area contributed by atoms with Crippen molar-refractivity contribution in [2.24, 2.45) is 5.10 Å². The fourth-order valence-corrected chi connectivity index (χ4v) is 2.57. The Labute approximate surface area is 130 Å². The first-order valence-corrected chi connectivity index (χ1v) is 7.41. The fourth-order valence-electron chi connectivity index (χ4n) is 2.39. The van der Waals surface area contributed by atoms with Gasteiger partial charge in [-0.15, -0.1) is 0 Å². The zero-order valence-electron chi connectivity index (χ0n) is 13.5. The summed E-state index contributed by atoms with van der Waals surface area (Å²) in [4.78, 5) is 0. The third kappa shape index (κ3) is 3.29. The van der Waals surface area contributed by atoms with E-state index < -0.39 is 0 Å². The van der Waals surface area contributed by atoms with Gasteiger partial charge in [0, 0.05) is 11.0 Å². The van der Waals surface area contributed by atoms with E-state index in [-0.39, 0.29) is 5.41 Å². The second-order valence-electron chi connectivity index (χ2n) is 6.47. The van der Waals surface area contributed by atoms with Crippen LogP contribution in [0.2, 0.25) is 0 Å². The van der Waals surface area contributed by atoms with E-state index in [2.05, 4.69) is 69.0 Å². The summed E-state index contributed by atoms with van der Waals surface area (Å²) in [6.07, 6.45) is 1.87. The molecule has 0 aliphatic heterocycles. The number of aromatic nitrogens is 3. The molecule has 0 amide bonds. The van der Waals surface area contributed by atoms with Gasteiger partial charge in [-0.05, 0) is 44.1 Å². The molecule has 0 fully saturated rings. The molecule has 0 aliphatic rings. The van der Waals surface area contributed by atoms with Crippen LogP contribution in [0, 0.1) is 25.5 Å². The van der Waals surface area contributed by atoms with Crippen LogP contribution < -0.4 is 0 Å². The summed E-state index contributed by atoms with van der Waals surface area (Å²) in [6, 6.07) is 4.32. The molecule has 0 spiro atoms. The second kappa shape index (κ2) is 5.56. The first-order valence-electron chi connectivity index (χ1n) is 7.00. The molecule has 1 heterocycles. The minimum atomic E-state index is -0.123. The molecule has 1 aromatic carbocycles. The quantitative estimate of drug-likeness (QED) is 0.672. The van der Waals surface area contributed by atoms with Gasteiger partial charge < -0.3 is 0 Å². The SMILES string of the molecule is Cc1cc(C)c(C=Nn2c(C(C)(C)C)n[nH]c2=S)c(C)c1. The lowest BCUT2D eigenvalue weighted by Gasteiger charge is -2.16. The predicted octanol–water partition coefficient (Wildman–Crippen LogP) is 4.05. The average molecular weight is 302 g/mol. The zero-order valence-corrected chi connectivity index (χ0v) is 14.3. The summed E-state index contributed by atoms with van der Waals surface area (Å²) in [5, 5.41) is 11.7. The first-order chi connectivity index (χ1) is 9.70. The van der Waals surface area contributed by atoms with Gasteiger partial charge in [-0.3, -0.25) is 5.10 Å². The highest BCUT2D eigenvalue weighted by Gasteiger charge is 2.21. The molecule has 0 unspecified atom stereocenters. The van der Waals surface area contributed by atoms with E-state index in [0.717, 1.165) is 11.4 Å². The minimum Gasteiger partial charge on any atom is -0.250 e. The van der Waals surface area contributed by atoms with Crippen LogP contribution in [0.3, 0.4) is 0 Å². The highest BCUT2D eigenvalue weighted by atomic mass is 32.1. The van der Waals surface area contributed by atoms with E-state index in [1.165, 1.54) is 16.7 Å². The monoisotopic (exact) mass is 302 g/mol. The Morgan fingerprint density at radius 1 is 1.19 bits per heavy atom. The van der Waals surface area contributed by atoms with Crippen molar-refractivity contribution in [3.8, 4) is 0 Å². The van der Waals surface area contributed by atoms with Crippen molar-refractivity contribution in [2.45, 2.75) is 47.0 Å². The van der Waals surface area contributed by atoms with E-state index in [0.29, 0.717) is 4.77 Å². The molecule has 0 bridgehead atoms. The van der Waals surface area contributed by atoms with Gasteiger partial charge in [0.15, 0.2) is 5.82 Å². The van der Waals surface area contributed by atoms with Crippen LogP contribution in [-0.2, 0) is 5.41 Å². The van der Waals surface area contributed by atoms with E-state index in [1.54, 1.807) is 4.68 Å². The maximum absolute atomic E-state index is 5.27. The Balaban J connectivity index is 2.49. The topological polar surface area (TPSA) is 46.0 Å². The lowest BCUT2D eigenvalue weighted by Crippen LogP contribution is -2.17. The van der Waals surface area contributed by atoms with Gasteiger partial charge >= 0.3 is 0 Å². The molecular weight excluding hydrogens is 280 g/mol. The molecule has 0 radical (unpaired) electrons. The number of nitrogens with one attached hydrogen (secondary N) is 1. The van der Waals surface area contributed by atoms with Crippen molar-refractivity contribution >= 4 is 18.4 Å². The van der Waals surface area contributed by atoms with Crippen molar-refractivity contribution < 1.29 is 0 Å². The Morgan fingerprint density at radius 2 is 1.76 bits per heavy atom. The Hall–Kier alpha value is -1.75. The highest BCUT2D eigenvalue weighted by Crippen LogP contribution is 2.20. The molecule has 0 saturated heterocycles. The highest BCUT2D eigenvalue weighted by molar-refractivity contribution is 7.71. The molecule has 112 valence electrons. The Kier molecular flexibility index (Phi) is 4.14. The Bertz CT molecular complexity index is 721. The first kappa shape index (κ1) is 15.6. The van der Waals surface area contributed by atoms with Crippen LogP contribution in [0.15, 0.2) is 17.2 Å². The molecule has 0 atom stereocenters. The largest absolute Gasteiger partial charge is 0.250 e. The number of benzene rings is 1. The van der Waals surface area contributed by atoms with E-state index in [4.69, 9.17) is 12.2 Å². The van der Waals surface area contributed by atoms with E-state index >= 15 is 0 Å². The van der Waals surface area contributed by atoms with Crippen LogP contribution in [0.5, 0.6) is 0 Å². The third-order valence-electron chi connectivity index (χ3n) is 3.36. The normalized spacial score (nSPS) is 12.3. The smallest absolute Gasteiger partial charge is 0.216 e. The third-order valence-corrected chi connectivity index (χ3v) is 3.63. The average Bonchev–Trinajstić information content (AvgIpc) is 2.69. The van der Waals surface area contributed by atoms with Gasteiger partial charge in [-0.2, -0.15) is 14.9 Å². The van der Waals surface area contributed by atoms with Gasteiger partial charge in [-0.1, -0.05) is 38.5 Å². The van der Waals surface area contributed by atoms with Gasteiger partial charge in [0.2, 0.25) is 4.77 Å². The number of hydrogen-bond donors (Lipinski definition) is 1. The van der Waals surface area contributed by atoms with Crippen LogP contribution >= 0.6 is 12.2 Å². The number of hydrogen-bond acceptors (Lipinski definition) is 3. The van der Waals surface area contributed by atoms with Gasteiger partial charge in [0.05, 0.1) is 6.21 Å². The molecule has 1 N–H and O–H groups in total. The molecule has 1 aromatic heterocycles. The second-order valence-corrected chi connectivity index (χ2v) is 6.86. The minimum absolute atomic E-state index is 0.123. The molecule has 2 aromatic rings. The molecule has 0 aliphatic carbocycles. The molecule has 21 heavy (non-hydrogen) atoms. The summed E-state index contributed by atoms with van der Waals surface area (Å²) in [5.41, 5.74) is 4.69. The lowest BCUT2D eigenvalue weighted by molar-refractivity contribution is 0.516. The van der Waals surface area contributed by atoms with Crippen molar-refractivity contribution in [2.75, 3.05) is 0 Å². The maximum Gasteiger partial charge on any atom is 0.216 e. The van der Waals surface area contributed by atoms with Crippen molar-refractivity contribution in [1.82, 2.24) is 14.9 Å². The molecule has 5 heteroatoms. The summed E-state index contributed by atoms with van der Waals surface area (Å²) in [7, 11) is 0.